The monoisotopic (exact) mass is 378 g/mol. The summed E-state index contributed by atoms with van der Waals surface area (Å²) in [5, 5.41) is 12.0. The van der Waals surface area contributed by atoms with Crippen molar-refractivity contribution >= 4 is 27.2 Å². The summed E-state index contributed by atoms with van der Waals surface area (Å²) in [7, 11) is -3.68. The van der Waals surface area contributed by atoms with Crippen molar-refractivity contribution in [1.82, 2.24) is 4.98 Å². The van der Waals surface area contributed by atoms with Gasteiger partial charge in [0.2, 0.25) is 0 Å². The normalized spacial score (nSPS) is 10.8. The van der Waals surface area contributed by atoms with Crippen LogP contribution >= 0.6 is 0 Å². The zero-order valence-electron chi connectivity index (χ0n) is 14.7. The average Bonchev–Trinajstić information content (AvgIpc) is 2.70. The number of nitrogens with one attached hydrogen (secondary N) is 2. The lowest BCUT2D eigenvalue weighted by molar-refractivity contribution is 0.601. The first-order valence-electron chi connectivity index (χ1n) is 8.35. The van der Waals surface area contributed by atoms with Crippen LogP contribution in [-0.4, -0.2) is 13.4 Å². The lowest BCUT2D eigenvalue weighted by Crippen LogP contribution is -2.13. The van der Waals surface area contributed by atoms with Crippen LogP contribution in [0.25, 0.3) is 0 Å². The topological polar surface area (TPSA) is 94.9 Å². The highest BCUT2D eigenvalue weighted by Crippen LogP contribution is 2.19. The van der Waals surface area contributed by atoms with E-state index in [4.69, 9.17) is 5.26 Å². The van der Waals surface area contributed by atoms with Gasteiger partial charge in [-0.1, -0.05) is 19.1 Å². The molecule has 136 valence electrons. The van der Waals surface area contributed by atoms with Gasteiger partial charge in [-0.25, -0.2) is 13.4 Å². The predicted molar refractivity (Wildman–Crippen MR) is 105 cm³/mol. The first-order valence-corrected chi connectivity index (χ1v) is 9.83. The quantitative estimate of drug-likeness (QED) is 0.674. The Balaban J connectivity index is 1.69. The Kier molecular flexibility index (Phi) is 5.38. The largest absolute Gasteiger partial charge is 0.354 e. The van der Waals surface area contributed by atoms with Crippen LogP contribution in [0.3, 0.4) is 0 Å². The standard InChI is InChI=1S/C20H18N4O2S/c1-2-15-5-10-19(11-6-15)27(25,26)24-20-12-9-18(14-22-20)23-17-7-3-16(13-21)4-8-17/h3-12,14,23H,2H2,1H3,(H,22,24). The molecule has 0 saturated carbocycles. The van der Waals surface area contributed by atoms with Crippen molar-refractivity contribution in [3.05, 3.63) is 78.0 Å². The molecule has 7 heteroatoms. The summed E-state index contributed by atoms with van der Waals surface area (Å²) in [6, 6.07) is 19.1. The van der Waals surface area contributed by atoms with Crippen LogP contribution in [-0.2, 0) is 16.4 Å². The molecule has 2 aromatic carbocycles. The molecule has 0 aliphatic heterocycles. The smallest absolute Gasteiger partial charge is 0.263 e. The van der Waals surface area contributed by atoms with Crippen LogP contribution in [0.4, 0.5) is 17.2 Å². The van der Waals surface area contributed by atoms with Crippen molar-refractivity contribution in [3.8, 4) is 6.07 Å². The summed E-state index contributed by atoms with van der Waals surface area (Å²) in [5.74, 6) is 0.236. The Morgan fingerprint density at radius 3 is 2.19 bits per heavy atom. The van der Waals surface area contributed by atoms with E-state index >= 15 is 0 Å². The minimum Gasteiger partial charge on any atom is -0.354 e. The SMILES string of the molecule is CCc1ccc(S(=O)(=O)Nc2ccc(Nc3ccc(C#N)cc3)cn2)cc1. The Labute approximate surface area is 158 Å². The third kappa shape index (κ3) is 4.63. The first-order chi connectivity index (χ1) is 13.0. The molecule has 0 radical (unpaired) electrons. The number of anilines is 3. The van der Waals surface area contributed by atoms with Crippen LogP contribution in [0.2, 0.25) is 0 Å². The highest BCUT2D eigenvalue weighted by molar-refractivity contribution is 7.92. The number of rotatable bonds is 6. The number of hydrogen-bond acceptors (Lipinski definition) is 5. The molecule has 0 aliphatic carbocycles. The summed E-state index contributed by atoms with van der Waals surface area (Å²) in [6.07, 6.45) is 2.39. The van der Waals surface area contributed by atoms with Crippen molar-refractivity contribution in [3.63, 3.8) is 0 Å². The number of hydrogen-bond donors (Lipinski definition) is 2. The zero-order valence-corrected chi connectivity index (χ0v) is 15.5. The van der Waals surface area contributed by atoms with E-state index in [0.29, 0.717) is 11.3 Å². The molecule has 1 aromatic heterocycles. The third-order valence-corrected chi connectivity index (χ3v) is 5.32. The van der Waals surface area contributed by atoms with Crippen molar-refractivity contribution in [1.29, 1.82) is 5.26 Å². The van der Waals surface area contributed by atoms with Gasteiger partial charge in [-0.2, -0.15) is 5.26 Å². The van der Waals surface area contributed by atoms with Gasteiger partial charge in [0.1, 0.15) is 5.82 Å². The molecule has 3 rings (SSSR count). The number of aromatic nitrogens is 1. The van der Waals surface area contributed by atoms with Gasteiger partial charge in [0.05, 0.1) is 28.4 Å². The number of nitrogens with zero attached hydrogens (tertiary/aromatic N) is 2. The fourth-order valence-electron chi connectivity index (χ4n) is 2.42. The van der Waals surface area contributed by atoms with Gasteiger partial charge in [0.15, 0.2) is 0 Å². The Bertz CT molecular complexity index is 1050. The molecule has 3 aromatic rings. The van der Waals surface area contributed by atoms with E-state index in [1.165, 1.54) is 6.20 Å². The second kappa shape index (κ2) is 7.89. The molecule has 1 heterocycles. The maximum Gasteiger partial charge on any atom is 0.263 e. The molecular weight excluding hydrogens is 360 g/mol. The van der Waals surface area contributed by atoms with Crippen molar-refractivity contribution in [2.24, 2.45) is 0 Å². The van der Waals surface area contributed by atoms with Gasteiger partial charge >= 0.3 is 0 Å². The van der Waals surface area contributed by atoms with Gasteiger partial charge in [-0.3, -0.25) is 4.72 Å². The summed E-state index contributed by atoms with van der Waals surface area (Å²) in [4.78, 5) is 4.34. The molecule has 0 unspecified atom stereocenters. The maximum absolute atomic E-state index is 12.4. The molecule has 0 bridgehead atoms. The molecule has 6 nitrogen and oxygen atoms in total. The minimum atomic E-state index is -3.68. The third-order valence-electron chi connectivity index (χ3n) is 3.95. The lowest BCUT2D eigenvalue weighted by Gasteiger charge is -2.10. The lowest BCUT2D eigenvalue weighted by atomic mass is 10.2. The fourth-order valence-corrected chi connectivity index (χ4v) is 3.43. The Morgan fingerprint density at radius 2 is 1.63 bits per heavy atom. The van der Waals surface area contributed by atoms with E-state index < -0.39 is 10.0 Å². The molecule has 0 fully saturated rings. The maximum atomic E-state index is 12.4. The van der Waals surface area contributed by atoms with Gasteiger partial charge in [-0.15, -0.1) is 0 Å². The number of pyridine rings is 1. The van der Waals surface area contributed by atoms with Gasteiger partial charge in [-0.05, 0) is 60.5 Å². The van der Waals surface area contributed by atoms with E-state index in [0.717, 1.165) is 17.7 Å². The molecule has 0 spiro atoms. The molecule has 27 heavy (non-hydrogen) atoms. The van der Waals surface area contributed by atoms with E-state index in [1.54, 1.807) is 60.7 Å². The molecule has 0 saturated heterocycles. The summed E-state index contributed by atoms with van der Waals surface area (Å²) in [5.41, 5.74) is 3.16. The van der Waals surface area contributed by atoms with Crippen LogP contribution in [0.15, 0.2) is 71.8 Å². The second-order valence-corrected chi connectivity index (χ2v) is 7.53. The highest BCUT2D eigenvalue weighted by atomic mass is 32.2. The summed E-state index contributed by atoms with van der Waals surface area (Å²) in [6.45, 7) is 2.01. The first kappa shape index (κ1) is 18.4. The van der Waals surface area contributed by atoms with Crippen molar-refractivity contribution in [2.75, 3.05) is 10.0 Å². The molecule has 2 N–H and O–H groups in total. The van der Waals surface area contributed by atoms with E-state index in [2.05, 4.69) is 21.1 Å². The van der Waals surface area contributed by atoms with Gasteiger partial charge in [0.25, 0.3) is 10.0 Å². The highest BCUT2D eigenvalue weighted by Gasteiger charge is 2.14. The zero-order chi connectivity index (χ0) is 19.3. The van der Waals surface area contributed by atoms with E-state index in [-0.39, 0.29) is 10.7 Å². The predicted octanol–water partition coefficient (Wildman–Crippen LogP) is 4.06. The summed E-state index contributed by atoms with van der Waals surface area (Å²) >= 11 is 0. The van der Waals surface area contributed by atoms with Gasteiger partial charge in [0, 0.05) is 5.69 Å². The van der Waals surface area contributed by atoms with Crippen molar-refractivity contribution in [2.45, 2.75) is 18.2 Å². The average molecular weight is 378 g/mol. The van der Waals surface area contributed by atoms with Crippen LogP contribution in [0, 0.1) is 11.3 Å². The number of benzene rings is 2. The van der Waals surface area contributed by atoms with Crippen LogP contribution in [0.5, 0.6) is 0 Å². The van der Waals surface area contributed by atoms with Crippen molar-refractivity contribution < 1.29 is 8.42 Å². The fraction of sp³-hybridized carbons (Fsp3) is 0.100. The number of nitriles is 1. The van der Waals surface area contributed by atoms with Gasteiger partial charge < -0.3 is 5.32 Å². The Hall–Kier alpha value is -3.37. The van der Waals surface area contributed by atoms with E-state index in [9.17, 15) is 8.42 Å². The minimum absolute atomic E-state index is 0.196. The Morgan fingerprint density at radius 1 is 0.963 bits per heavy atom. The molecule has 0 atom stereocenters. The molecular formula is C20H18N4O2S. The molecule has 0 amide bonds. The second-order valence-electron chi connectivity index (χ2n) is 5.85. The summed E-state index contributed by atoms with van der Waals surface area (Å²) < 4.78 is 27.4. The van der Waals surface area contributed by atoms with E-state index in [1.807, 2.05) is 6.92 Å². The van der Waals surface area contributed by atoms with Crippen LogP contribution in [0.1, 0.15) is 18.1 Å². The van der Waals surface area contributed by atoms with Crippen LogP contribution < -0.4 is 10.0 Å². The molecule has 0 aliphatic rings. The number of aryl methyl sites for hydroxylation is 1. The number of sulfonamides is 1.